The maximum Gasteiger partial charge on any atom is 0.269 e. The largest absolute Gasteiger partial charge is 0.269 e. The summed E-state index contributed by atoms with van der Waals surface area (Å²) in [6.45, 7) is 0. The summed E-state index contributed by atoms with van der Waals surface area (Å²) in [6.07, 6.45) is 1.55. The molecule has 0 fully saturated rings. The molecule has 0 saturated heterocycles. The van der Waals surface area contributed by atoms with Crippen molar-refractivity contribution in [2.24, 2.45) is 10.1 Å². The highest BCUT2D eigenvalue weighted by Gasteiger charge is 2.02. The second-order valence-corrected chi connectivity index (χ2v) is 3.78. The fraction of sp³-hybridized carbons (Fsp3) is 0. The van der Waals surface area contributed by atoms with Crippen LogP contribution >= 0.6 is 0 Å². The van der Waals surface area contributed by atoms with E-state index in [1.165, 1.54) is 12.1 Å². The van der Waals surface area contributed by atoms with E-state index in [0.29, 0.717) is 16.9 Å². The van der Waals surface area contributed by atoms with Crippen molar-refractivity contribution in [1.82, 2.24) is 0 Å². The van der Waals surface area contributed by atoms with Gasteiger partial charge in [-0.2, -0.15) is 0 Å². The average Bonchev–Trinajstić information content (AvgIpc) is 2.47. The fourth-order valence-corrected chi connectivity index (χ4v) is 1.53. The van der Waals surface area contributed by atoms with Gasteiger partial charge >= 0.3 is 0 Å². The zero-order chi connectivity index (χ0) is 14.4. The van der Waals surface area contributed by atoms with Crippen molar-refractivity contribution in [3.8, 4) is 0 Å². The van der Waals surface area contributed by atoms with E-state index < -0.39 is 4.92 Å². The van der Waals surface area contributed by atoms with Crippen molar-refractivity contribution < 1.29 is 4.92 Å². The van der Waals surface area contributed by atoms with Crippen molar-refractivity contribution >= 4 is 23.3 Å². The summed E-state index contributed by atoms with van der Waals surface area (Å²) >= 11 is 0. The lowest BCUT2D eigenvalue weighted by atomic mass is 10.2. The standard InChI is InChI=1S/C13H9N5O2/c14-17-16-13-4-2-1-3-12(13)15-9-10-5-7-11(8-6-10)18(19)20/h1-9H. The summed E-state index contributed by atoms with van der Waals surface area (Å²) in [5, 5.41) is 14.1. The van der Waals surface area contributed by atoms with Crippen LogP contribution in [0.25, 0.3) is 10.4 Å². The van der Waals surface area contributed by atoms with E-state index >= 15 is 0 Å². The number of hydrogen-bond donors (Lipinski definition) is 0. The topological polar surface area (TPSA) is 104 Å². The van der Waals surface area contributed by atoms with Crippen LogP contribution in [0.5, 0.6) is 0 Å². The quantitative estimate of drug-likeness (QED) is 0.206. The molecule has 0 bridgehead atoms. The number of nitro benzene ring substituents is 1. The van der Waals surface area contributed by atoms with Gasteiger partial charge in [-0.05, 0) is 29.3 Å². The fourth-order valence-electron chi connectivity index (χ4n) is 1.53. The van der Waals surface area contributed by atoms with Gasteiger partial charge < -0.3 is 0 Å². The lowest BCUT2D eigenvalue weighted by Gasteiger charge is -1.98. The molecule has 98 valence electrons. The van der Waals surface area contributed by atoms with Crippen LogP contribution < -0.4 is 0 Å². The molecule has 0 radical (unpaired) electrons. The number of hydrogen-bond acceptors (Lipinski definition) is 4. The van der Waals surface area contributed by atoms with Crippen LogP contribution in [0.3, 0.4) is 0 Å². The van der Waals surface area contributed by atoms with Gasteiger partial charge in [0.15, 0.2) is 0 Å². The van der Waals surface area contributed by atoms with Gasteiger partial charge in [-0.1, -0.05) is 23.3 Å². The molecule has 0 amide bonds. The summed E-state index contributed by atoms with van der Waals surface area (Å²) in [4.78, 5) is 17.0. The highest BCUT2D eigenvalue weighted by molar-refractivity contribution is 5.83. The van der Waals surface area contributed by atoms with Crippen LogP contribution in [-0.2, 0) is 0 Å². The first-order valence-corrected chi connectivity index (χ1v) is 5.63. The summed E-state index contributed by atoms with van der Waals surface area (Å²) in [7, 11) is 0. The first-order valence-electron chi connectivity index (χ1n) is 5.63. The molecule has 7 heteroatoms. The number of azide groups is 1. The van der Waals surface area contributed by atoms with Gasteiger partial charge in [0.1, 0.15) is 0 Å². The molecular weight excluding hydrogens is 258 g/mol. The Bertz CT molecular complexity index is 703. The molecule has 0 aromatic heterocycles. The number of benzene rings is 2. The maximum atomic E-state index is 10.5. The van der Waals surface area contributed by atoms with E-state index in [0.717, 1.165) is 0 Å². The van der Waals surface area contributed by atoms with Crippen LogP contribution in [0.2, 0.25) is 0 Å². The molecule has 2 aromatic rings. The van der Waals surface area contributed by atoms with Crippen LogP contribution in [0.1, 0.15) is 5.56 Å². The van der Waals surface area contributed by atoms with E-state index in [4.69, 9.17) is 5.53 Å². The molecule has 0 aliphatic heterocycles. The van der Waals surface area contributed by atoms with Crippen molar-refractivity contribution in [2.75, 3.05) is 0 Å². The van der Waals surface area contributed by atoms with Gasteiger partial charge in [0.25, 0.3) is 5.69 Å². The predicted molar refractivity (Wildman–Crippen MR) is 75.6 cm³/mol. The molecule has 0 aliphatic rings. The molecule has 0 N–H and O–H groups in total. The molecule has 7 nitrogen and oxygen atoms in total. The number of aliphatic imine (C=N–C) groups is 1. The Hall–Kier alpha value is -3.18. The van der Waals surface area contributed by atoms with E-state index in [1.807, 2.05) is 0 Å². The SMILES string of the molecule is [N-]=[N+]=Nc1ccccc1N=Cc1ccc([N+](=O)[O-])cc1. The van der Waals surface area contributed by atoms with E-state index in [9.17, 15) is 10.1 Å². The molecule has 2 rings (SSSR count). The second-order valence-electron chi connectivity index (χ2n) is 3.78. The third-order valence-electron chi connectivity index (χ3n) is 2.49. The number of para-hydroxylation sites is 1. The van der Waals surface area contributed by atoms with Crippen LogP contribution in [-0.4, -0.2) is 11.1 Å². The minimum absolute atomic E-state index is 0.0247. The van der Waals surface area contributed by atoms with E-state index in [2.05, 4.69) is 15.0 Å². The summed E-state index contributed by atoms with van der Waals surface area (Å²) in [5.41, 5.74) is 10.1. The van der Waals surface area contributed by atoms with Gasteiger partial charge in [-0.15, -0.1) is 0 Å². The maximum absolute atomic E-state index is 10.5. The Kier molecular flexibility index (Phi) is 4.06. The zero-order valence-corrected chi connectivity index (χ0v) is 10.2. The first-order chi connectivity index (χ1) is 9.70. The second kappa shape index (κ2) is 6.12. The molecule has 0 spiro atoms. The molecule has 0 aliphatic carbocycles. The van der Waals surface area contributed by atoms with E-state index in [1.54, 1.807) is 42.6 Å². The zero-order valence-electron chi connectivity index (χ0n) is 10.2. The van der Waals surface area contributed by atoms with Gasteiger partial charge in [-0.3, -0.25) is 15.1 Å². The summed E-state index contributed by atoms with van der Waals surface area (Å²) < 4.78 is 0. The Labute approximate surface area is 114 Å². The molecule has 0 atom stereocenters. The molecule has 2 aromatic carbocycles. The Morgan fingerprint density at radius 3 is 2.35 bits per heavy atom. The number of non-ortho nitro benzene ring substituents is 1. The van der Waals surface area contributed by atoms with Crippen molar-refractivity contribution in [3.63, 3.8) is 0 Å². The monoisotopic (exact) mass is 267 g/mol. The third-order valence-corrected chi connectivity index (χ3v) is 2.49. The smallest absolute Gasteiger partial charge is 0.258 e. The van der Waals surface area contributed by atoms with Crippen LogP contribution in [0, 0.1) is 10.1 Å². The minimum atomic E-state index is -0.460. The Balaban J connectivity index is 2.25. The summed E-state index contributed by atoms with van der Waals surface area (Å²) in [5.74, 6) is 0. The molecule has 20 heavy (non-hydrogen) atoms. The van der Waals surface area contributed by atoms with Gasteiger partial charge in [0.2, 0.25) is 0 Å². The van der Waals surface area contributed by atoms with Crippen molar-refractivity contribution in [1.29, 1.82) is 0 Å². The average molecular weight is 267 g/mol. The Morgan fingerprint density at radius 2 is 1.75 bits per heavy atom. The van der Waals surface area contributed by atoms with Crippen molar-refractivity contribution in [3.05, 3.63) is 74.7 Å². The van der Waals surface area contributed by atoms with Crippen molar-refractivity contribution in [2.45, 2.75) is 0 Å². The highest BCUT2D eigenvalue weighted by atomic mass is 16.6. The first kappa shape index (κ1) is 13.3. The number of nitrogens with zero attached hydrogens (tertiary/aromatic N) is 5. The third kappa shape index (κ3) is 3.18. The normalized spacial score (nSPS) is 10.2. The molecule has 0 unspecified atom stereocenters. The molecular formula is C13H9N5O2. The van der Waals surface area contributed by atoms with Crippen LogP contribution in [0.4, 0.5) is 17.1 Å². The highest BCUT2D eigenvalue weighted by Crippen LogP contribution is 2.27. The summed E-state index contributed by atoms with van der Waals surface area (Å²) in [6, 6.07) is 12.9. The van der Waals surface area contributed by atoms with E-state index in [-0.39, 0.29) is 5.69 Å². The predicted octanol–water partition coefficient (Wildman–Crippen LogP) is 4.29. The van der Waals surface area contributed by atoms with Gasteiger partial charge in [-0.25, -0.2) is 0 Å². The minimum Gasteiger partial charge on any atom is -0.258 e. The lowest BCUT2D eigenvalue weighted by Crippen LogP contribution is -1.88. The number of nitro groups is 1. The van der Waals surface area contributed by atoms with Gasteiger partial charge in [0.05, 0.1) is 16.3 Å². The molecule has 0 saturated carbocycles. The lowest BCUT2D eigenvalue weighted by molar-refractivity contribution is -0.384. The van der Waals surface area contributed by atoms with Crippen LogP contribution in [0.15, 0.2) is 58.6 Å². The number of rotatable bonds is 4. The van der Waals surface area contributed by atoms with Gasteiger partial charge in [0, 0.05) is 23.3 Å². The molecule has 0 heterocycles. The Morgan fingerprint density at radius 1 is 1.10 bits per heavy atom.